The molecule has 0 spiro atoms. The second-order valence-corrected chi connectivity index (χ2v) is 5.69. The number of carbonyl (C=O) groups is 1. The Morgan fingerprint density at radius 3 is 2.46 bits per heavy atom. The first-order chi connectivity index (χ1) is 11.9. The van der Waals surface area contributed by atoms with Crippen LogP contribution in [-0.2, 0) is 11.0 Å². The van der Waals surface area contributed by atoms with Crippen LogP contribution in [0.2, 0.25) is 0 Å². The van der Waals surface area contributed by atoms with Crippen LogP contribution in [0.1, 0.15) is 30.9 Å². The molecule has 26 heavy (non-hydrogen) atoms. The molecule has 1 aliphatic heterocycles. The van der Waals surface area contributed by atoms with Gasteiger partial charge in [0, 0.05) is 12.1 Å². The van der Waals surface area contributed by atoms with Crippen molar-refractivity contribution in [3.8, 4) is 6.07 Å². The van der Waals surface area contributed by atoms with E-state index in [4.69, 9.17) is 5.26 Å². The molecule has 0 aromatic heterocycles. The summed E-state index contributed by atoms with van der Waals surface area (Å²) in [5.74, 6) is -0.992. The molecule has 0 fully saturated rings. The van der Waals surface area contributed by atoms with Crippen molar-refractivity contribution in [3.63, 3.8) is 0 Å². The van der Waals surface area contributed by atoms with Gasteiger partial charge in [-0.2, -0.15) is 41.8 Å². The van der Waals surface area contributed by atoms with Crippen molar-refractivity contribution < 1.29 is 31.1 Å². The summed E-state index contributed by atoms with van der Waals surface area (Å²) < 4.78 is 77.1. The smallest absolute Gasteiger partial charge is 0.324 e. The number of alkyl halides is 6. The number of nitrogens with zero attached hydrogens (tertiary/aromatic N) is 3. The zero-order valence-corrected chi connectivity index (χ0v) is 13.2. The van der Waals surface area contributed by atoms with Crippen LogP contribution >= 0.6 is 0 Å². The van der Waals surface area contributed by atoms with Crippen LogP contribution in [0.15, 0.2) is 28.4 Å². The van der Waals surface area contributed by atoms with Gasteiger partial charge in [-0.3, -0.25) is 4.79 Å². The molecule has 11 heteroatoms. The highest BCUT2D eigenvalue weighted by atomic mass is 19.4. The first-order valence-electron chi connectivity index (χ1n) is 7.34. The normalized spacial score (nSPS) is 22.9. The first-order valence-corrected chi connectivity index (χ1v) is 7.34. The van der Waals surface area contributed by atoms with Crippen molar-refractivity contribution in [1.82, 2.24) is 0 Å². The summed E-state index contributed by atoms with van der Waals surface area (Å²) in [7, 11) is 0. The number of hydrogen-bond donors (Lipinski definition) is 1. The highest BCUT2D eigenvalue weighted by molar-refractivity contribution is 5.98. The van der Waals surface area contributed by atoms with Crippen LogP contribution in [-0.4, -0.2) is 23.7 Å². The molecule has 2 rings (SSSR count). The van der Waals surface area contributed by atoms with Crippen molar-refractivity contribution in [2.45, 2.75) is 43.7 Å². The Hall–Kier alpha value is -2.64. The van der Waals surface area contributed by atoms with Gasteiger partial charge in [-0.1, -0.05) is 6.92 Å². The Balaban J connectivity index is 2.27. The Labute approximate surface area is 143 Å². The van der Waals surface area contributed by atoms with Crippen LogP contribution in [0.25, 0.3) is 0 Å². The van der Waals surface area contributed by atoms with Crippen molar-refractivity contribution in [1.29, 1.82) is 5.26 Å². The van der Waals surface area contributed by atoms with Crippen molar-refractivity contribution in [3.05, 3.63) is 29.3 Å². The van der Waals surface area contributed by atoms with Crippen LogP contribution in [0.5, 0.6) is 0 Å². The zero-order valence-electron chi connectivity index (χ0n) is 13.2. The number of benzene rings is 1. The lowest BCUT2D eigenvalue weighted by Gasteiger charge is -2.23. The van der Waals surface area contributed by atoms with Gasteiger partial charge in [-0.15, -0.1) is 0 Å². The lowest BCUT2D eigenvalue weighted by Crippen LogP contribution is -2.42. The van der Waals surface area contributed by atoms with E-state index in [0.717, 1.165) is 12.1 Å². The van der Waals surface area contributed by atoms with Crippen molar-refractivity contribution in [2.24, 2.45) is 10.2 Å². The van der Waals surface area contributed by atoms with Gasteiger partial charge in [0.25, 0.3) is 5.91 Å². The van der Waals surface area contributed by atoms with Gasteiger partial charge < -0.3 is 5.32 Å². The van der Waals surface area contributed by atoms with Gasteiger partial charge in [0.15, 0.2) is 11.6 Å². The Kier molecular flexibility index (Phi) is 4.98. The molecule has 5 nitrogen and oxygen atoms in total. The van der Waals surface area contributed by atoms with Gasteiger partial charge in [0.2, 0.25) is 0 Å². The average Bonchev–Trinajstić information content (AvgIpc) is 3.00. The molecule has 1 N–H and O–H groups in total. The van der Waals surface area contributed by atoms with E-state index in [2.05, 4.69) is 15.5 Å². The fourth-order valence-corrected chi connectivity index (χ4v) is 2.48. The molecular formula is C15H12F6N4O. The van der Waals surface area contributed by atoms with Crippen LogP contribution in [0, 0.1) is 11.3 Å². The molecule has 0 saturated heterocycles. The number of hydrogen-bond acceptors (Lipinski definition) is 4. The SMILES string of the molecule is CCC1(C(=O)Nc2ccc(C#N)c(C(F)(F)F)c2)CC(C(F)(F)F)N=N1. The maximum absolute atomic E-state index is 13.0. The third-order valence-corrected chi connectivity index (χ3v) is 4.01. The molecule has 2 atom stereocenters. The molecule has 0 aliphatic carbocycles. The first kappa shape index (κ1) is 19.7. The summed E-state index contributed by atoms with van der Waals surface area (Å²) >= 11 is 0. The van der Waals surface area contributed by atoms with Gasteiger partial charge >= 0.3 is 12.4 Å². The largest absolute Gasteiger partial charge is 0.417 e. The van der Waals surface area contributed by atoms with Gasteiger partial charge in [-0.25, -0.2) is 0 Å². The number of anilines is 1. The van der Waals surface area contributed by atoms with Crippen LogP contribution in [0.4, 0.5) is 32.0 Å². The number of nitrogens with one attached hydrogen (secondary N) is 1. The maximum atomic E-state index is 13.0. The number of amides is 1. The minimum atomic E-state index is -4.83. The quantitative estimate of drug-likeness (QED) is 0.789. The maximum Gasteiger partial charge on any atom is 0.417 e. The fraction of sp³-hybridized carbons (Fsp3) is 0.467. The van der Waals surface area contributed by atoms with E-state index in [1.807, 2.05) is 0 Å². The Bertz CT molecular complexity index is 780. The molecule has 1 aromatic carbocycles. The number of rotatable bonds is 3. The summed E-state index contributed by atoms with van der Waals surface area (Å²) in [5, 5.41) is 17.4. The van der Waals surface area contributed by atoms with E-state index in [1.54, 1.807) is 0 Å². The molecule has 1 aromatic rings. The monoisotopic (exact) mass is 378 g/mol. The van der Waals surface area contributed by atoms with E-state index < -0.39 is 47.4 Å². The average molecular weight is 378 g/mol. The van der Waals surface area contributed by atoms with Crippen LogP contribution < -0.4 is 5.32 Å². The molecule has 1 heterocycles. The molecule has 0 radical (unpaired) electrons. The third kappa shape index (κ3) is 3.79. The Morgan fingerprint density at radius 2 is 2.00 bits per heavy atom. The summed E-state index contributed by atoms with van der Waals surface area (Å²) in [4.78, 5) is 12.4. The summed E-state index contributed by atoms with van der Waals surface area (Å²) in [6, 6.07) is 1.72. The summed E-state index contributed by atoms with van der Waals surface area (Å²) in [6.07, 6.45) is -10.3. The predicted molar refractivity (Wildman–Crippen MR) is 77.1 cm³/mol. The summed E-state index contributed by atoms with van der Waals surface area (Å²) in [6.45, 7) is 1.43. The number of nitriles is 1. The van der Waals surface area contributed by atoms with Crippen molar-refractivity contribution in [2.75, 3.05) is 5.32 Å². The highest BCUT2D eigenvalue weighted by Gasteiger charge is 2.52. The minimum absolute atomic E-state index is 0.114. The number of azo groups is 1. The molecule has 1 aliphatic rings. The van der Waals surface area contributed by atoms with Crippen LogP contribution in [0.3, 0.4) is 0 Å². The van der Waals surface area contributed by atoms with Gasteiger partial charge in [0.05, 0.1) is 17.2 Å². The molecule has 1 amide bonds. The second kappa shape index (κ2) is 6.59. The lowest BCUT2D eigenvalue weighted by atomic mass is 9.89. The molecule has 0 saturated carbocycles. The van der Waals surface area contributed by atoms with E-state index in [1.165, 1.54) is 13.0 Å². The van der Waals surface area contributed by atoms with Gasteiger partial charge in [-0.05, 0) is 24.6 Å². The van der Waals surface area contributed by atoms with E-state index >= 15 is 0 Å². The predicted octanol–water partition coefficient (Wildman–Crippen LogP) is 4.45. The van der Waals surface area contributed by atoms with E-state index in [9.17, 15) is 31.1 Å². The minimum Gasteiger partial charge on any atom is -0.324 e. The standard InChI is InChI=1S/C15H12F6N4O/c1-2-13(6-11(24-25-13)15(19,20)21)12(26)23-9-4-3-8(7-22)10(5-9)14(16,17)18/h3-5,11H,2,6H2,1H3,(H,23,26). The van der Waals surface area contributed by atoms with Gasteiger partial charge in [0.1, 0.15) is 0 Å². The molecule has 140 valence electrons. The summed E-state index contributed by atoms with van der Waals surface area (Å²) in [5.41, 5.74) is -4.02. The van der Waals surface area contributed by atoms with Crippen molar-refractivity contribution >= 4 is 11.6 Å². The Morgan fingerprint density at radius 1 is 1.35 bits per heavy atom. The third-order valence-electron chi connectivity index (χ3n) is 4.01. The highest BCUT2D eigenvalue weighted by Crippen LogP contribution is 2.39. The fourth-order valence-electron chi connectivity index (χ4n) is 2.48. The number of halogens is 6. The second-order valence-electron chi connectivity index (χ2n) is 5.69. The topological polar surface area (TPSA) is 77.6 Å². The van der Waals surface area contributed by atoms with E-state index in [0.29, 0.717) is 6.07 Å². The molecule has 0 bridgehead atoms. The lowest BCUT2D eigenvalue weighted by molar-refractivity contribution is -0.148. The molecular weight excluding hydrogens is 366 g/mol. The zero-order chi connectivity index (χ0) is 19.8. The molecule has 2 unspecified atom stereocenters. The number of carbonyl (C=O) groups excluding carboxylic acids is 1. The van der Waals surface area contributed by atoms with E-state index in [-0.39, 0.29) is 12.1 Å².